The number of aliphatic hydroxyl groups is 2. The average molecular weight is 518 g/mol. The molecule has 0 aromatic heterocycles. The minimum absolute atomic E-state index is 0.566. The molecule has 0 bridgehead atoms. The van der Waals surface area contributed by atoms with Gasteiger partial charge in [-0.1, -0.05) is 12.1 Å². The lowest BCUT2D eigenvalue weighted by molar-refractivity contribution is -0.385. The highest BCUT2D eigenvalue weighted by Crippen LogP contribution is 2.55. The summed E-state index contributed by atoms with van der Waals surface area (Å²) in [6, 6.07) is 2.78. The van der Waals surface area contributed by atoms with Gasteiger partial charge in [-0.2, -0.15) is 26.3 Å². The lowest BCUT2D eigenvalue weighted by Gasteiger charge is -2.54. The van der Waals surface area contributed by atoms with Gasteiger partial charge >= 0.3 is 24.3 Å². The minimum Gasteiger partial charge on any atom is -0.466 e. The molecular weight excluding hydrogens is 498 g/mol. The van der Waals surface area contributed by atoms with Gasteiger partial charge in [-0.15, -0.1) is 0 Å². The number of nitrogens with one attached hydrogen (secondary N) is 1. The number of esters is 2. The summed E-state index contributed by atoms with van der Waals surface area (Å²) in [5, 5.41) is 32.6. The van der Waals surface area contributed by atoms with E-state index in [1.54, 1.807) is 0 Å². The molecule has 0 spiro atoms. The summed E-state index contributed by atoms with van der Waals surface area (Å²) < 4.78 is 93.4. The molecule has 3 N–H and O–H groups in total. The molecule has 1 aliphatic rings. The molecular formula is C19H20F6N2O8. The van der Waals surface area contributed by atoms with Crippen LogP contribution in [0, 0.1) is 22.0 Å². The number of carbonyl (C=O) groups excluding carboxylic acids is 2. The van der Waals surface area contributed by atoms with E-state index in [1.165, 1.54) is 0 Å². The highest BCUT2D eigenvalue weighted by atomic mass is 19.4. The van der Waals surface area contributed by atoms with Gasteiger partial charge in [-0.3, -0.25) is 19.7 Å². The van der Waals surface area contributed by atoms with Gasteiger partial charge in [-0.05, 0) is 19.4 Å². The summed E-state index contributed by atoms with van der Waals surface area (Å²) in [6.45, 7) is 1.20. The molecule has 0 radical (unpaired) electrons. The Morgan fingerprint density at radius 3 is 1.60 bits per heavy atom. The maximum atomic E-state index is 14.0. The lowest BCUT2D eigenvalue weighted by Crippen LogP contribution is -2.81. The van der Waals surface area contributed by atoms with E-state index in [4.69, 9.17) is 0 Å². The first kappa shape index (κ1) is 28.3. The molecule has 1 heterocycles. The van der Waals surface area contributed by atoms with E-state index < -0.39 is 82.9 Å². The van der Waals surface area contributed by atoms with Crippen molar-refractivity contribution in [3.05, 3.63) is 39.9 Å². The standard InChI is InChI=1S/C19H20F6N2O8/c1-3-34-14(28)12-11(9-5-7-10(8-6-9)27(32)33)13(15(29)35-4-2)17(31,19(23,24)25)26-16(12,30)18(20,21)22/h5-8,11-13,26,30-31H,3-4H2,1-2H3. The number of benzene rings is 1. The second kappa shape index (κ2) is 9.58. The van der Waals surface area contributed by atoms with Crippen molar-refractivity contribution in [2.45, 2.75) is 43.6 Å². The van der Waals surface area contributed by atoms with Crippen LogP contribution in [0.5, 0.6) is 0 Å². The van der Waals surface area contributed by atoms with Gasteiger partial charge in [0.1, 0.15) is 11.8 Å². The van der Waals surface area contributed by atoms with Crippen LogP contribution in [-0.2, 0) is 19.1 Å². The summed E-state index contributed by atoms with van der Waals surface area (Å²) >= 11 is 0. The van der Waals surface area contributed by atoms with Gasteiger partial charge in [0.05, 0.1) is 18.1 Å². The summed E-state index contributed by atoms with van der Waals surface area (Å²) in [4.78, 5) is 35.3. The molecule has 0 saturated carbocycles. The number of rotatable bonds is 6. The van der Waals surface area contributed by atoms with E-state index in [0.717, 1.165) is 13.8 Å². The first-order chi connectivity index (χ1) is 16.0. The number of nitro benzene ring substituents is 1. The van der Waals surface area contributed by atoms with Crippen molar-refractivity contribution >= 4 is 17.6 Å². The van der Waals surface area contributed by atoms with E-state index in [0.29, 0.717) is 29.6 Å². The van der Waals surface area contributed by atoms with Crippen LogP contribution in [-0.4, -0.2) is 64.1 Å². The molecule has 1 saturated heterocycles. The van der Waals surface area contributed by atoms with E-state index in [1.807, 2.05) is 0 Å². The first-order valence-corrected chi connectivity index (χ1v) is 9.91. The second-order valence-corrected chi connectivity index (χ2v) is 7.49. The van der Waals surface area contributed by atoms with Gasteiger partial charge in [0.25, 0.3) is 5.69 Å². The number of carbonyl (C=O) groups is 2. The highest BCUT2D eigenvalue weighted by molar-refractivity contribution is 5.81. The van der Waals surface area contributed by atoms with Gasteiger partial charge < -0.3 is 19.7 Å². The first-order valence-electron chi connectivity index (χ1n) is 9.91. The smallest absolute Gasteiger partial charge is 0.432 e. The normalized spacial score (nSPS) is 29.4. The molecule has 10 nitrogen and oxygen atoms in total. The van der Waals surface area contributed by atoms with Crippen LogP contribution in [0.2, 0.25) is 0 Å². The van der Waals surface area contributed by atoms with Crippen molar-refractivity contribution < 1.29 is 60.5 Å². The Hall–Kier alpha value is -2.98. The van der Waals surface area contributed by atoms with Crippen LogP contribution in [0.15, 0.2) is 24.3 Å². The fourth-order valence-corrected chi connectivity index (χ4v) is 3.95. The Morgan fingerprint density at radius 1 is 0.943 bits per heavy atom. The van der Waals surface area contributed by atoms with Gasteiger partial charge in [0, 0.05) is 18.1 Å². The number of nitrogens with zero attached hydrogens (tertiary/aromatic N) is 1. The quantitative estimate of drug-likeness (QED) is 0.223. The van der Waals surface area contributed by atoms with Crippen molar-refractivity contribution in [2.75, 3.05) is 13.2 Å². The van der Waals surface area contributed by atoms with E-state index in [2.05, 4.69) is 9.47 Å². The maximum absolute atomic E-state index is 14.0. The van der Waals surface area contributed by atoms with Crippen LogP contribution >= 0.6 is 0 Å². The third kappa shape index (κ3) is 4.90. The Labute approximate surface area is 193 Å². The van der Waals surface area contributed by atoms with E-state index >= 15 is 0 Å². The Bertz CT molecular complexity index is 922. The van der Waals surface area contributed by atoms with Crippen LogP contribution in [0.1, 0.15) is 25.3 Å². The number of alkyl halides is 6. The number of nitro groups is 1. The summed E-state index contributed by atoms with van der Waals surface area (Å²) in [5.41, 5.74) is -10.8. The summed E-state index contributed by atoms with van der Waals surface area (Å²) in [5.74, 6) is -12.3. The topological polar surface area (TPSA) is 148 Å². The molecule has 16 heteroatoms. The minimum atomic E-state index is -6.03. The molecule has 0 amide bonds. The predicted octanol–water partition coefficient (Wildman–Crippen LogP) is 2.14. The summed E-state index contributed by atoms with van der Waals surface area (Å²) in [7, 11) is 0. The average Bonchev–Trinajstić information content (AvgIpc) is 2.71. The molecule has 1 aliphatic heterocycles. The number of non-ortho nitro benzene ring substituents is 1. The van der Waals surface area contributed by atoms with Crippen LogP contribution in [0.3, 0.4) is 0 Å². The Kier molecular flexibility index (Phi) is 7.73. The largest absolute Gasteiger partial charge is 0.466 e. The SMILES string of the molecule is CCOC(=O)C1C(c2ccc([N+](=O)[O-])cc2)C(C(=O)OCC)C(O)(C(F)(F)F)NC1(O)C(F)(F)F. The zero-order chi connectivity index (χ0) is 27.0. The number of piperidine rings is 1. The predicted molar refractivity (Wildman–Crippen MR) is 101 cm³/mol. The number of hydrogen-bond donors (Lipinski definition) is 3. The molecule has 4 atom stereocenters. The zero-order valence-corrected chi connectivity index (χ0v) is 18.0. The molecule has 4 unspecified atom stereocenters. The van der Waals surface area contributed by atoms with E-state index in [-0.39, 0.29) is 0 Å². The zero-order valence-electron chi connectivity index (χ0n) is 18.0. The maximum Gasteiger partial charge on any atom is 0.432 e. The Balaban J connectivity index is 2.97. The summed E-state index contributed by atoms with van der Waals surface area (Å²) in [6.07, 6.45) is -12.1. The number of ether oxygens (including phenoxy) is 2. The number of hydrogen-bond acceptors (Lipinski definition) is 9. The second-order valence-electron chi connectivity index (χ2n) is 7.49. The van der Waals surface area contributed by atoms with Gasteiger partial charge in [0.15, 0.2) is 0 Å². The lowest BCUT2D eigenvalue weighted by atomic mass is 9.64. The van der Waals surface area contributed by atoms with Gasteiger partial charge in [0.2, 0.25) is 11.4 Å². The third-order valence-corrected chi connectivity index (χ3v) is 5.43. The number of halogens is 6. The molecule has 0 aliphatic carbocycles. The van der Waals surface area contributed by atoms with E-state index in [9.17, 15) is 56.3 Å². The van der Waals surface area contributed by atoms with Crippen molar-refractivity contribution in [1.29, 1.82) is 0 Å². The Morgan fingerprint density at radius 2 is 1.31 bits per heavy atom. The monoisotopic (exact) mass is 518 g/mol. The van der Waals surface area contributed by atoms with Crippen molar-refractivity contribution in [1.82, 2.24) is 5.32 Å². The van der Waals surface area contributed by atoms with Gasteiger partial charge in [-0.25, -0.2) is 5.32 Å². The van der Waals surface area contributed by atoms with Crippen molar-refractivity contribution in [2.24, 2.45) is 11.8 Å². The third-order valence-electron chi connectivity index (χ3n) is 5.43. The molecule has 1 aromatic rings. The van der Waals surface area contributed by atoms with Crippen LogP contribution < -0.4 is 5.32 Å². The fourth-order valence-electron chi connectivity index (χ4n) is 3.95. The van der Waals surface area contributed by atoms with Crippen molar-refractivity contribution in [3.63, 3.8) is 0 Å². The highest BCUT2D eigenvalue weighted by Gasteiger charge is 2.78. The molecule has 196 valence electrons. The van der Waals surface area contributed by atoms with Crippen LogP contribution in [0.25, 0.3) is 0 Å². The fraction of sp³-hybridized carbons (Fsp3) is 0.579. The van der Waals surface area contributed by atoms with Crippen molar-refractivity contribution in [3.8, 4) is 0 Å². The van der Waals surface area contributed by atoms with Crippen LogP contribution in [0.4, 0.5) is 32.0 Å². The molecule has 1 fully saturated rings. The molecule has 1 aromatic carbocycles. The molecule has 2 rings (SSSR count). The molecule has 35 heavy (non-hydrogen) atoms.